The number of carbonyl (C=O) groups excluding carboxylic acids is 1. The van der Waals surface area contributed by atoms with Gasteiger partial charge in [0.05, 0.1) is 25.4 Å². The summed E-state index contributed by atoms with van der Waals surface area (Å²) in [6.45, 7) is 4.73. The molecular formula is C16H23ClN4O2. The summed E-state index contributed by atoms with van der Waals surface area (Å²) in [4.78, 5) is 12.1. The highest BCUT2D eigenvalue weighted by molar-refractivity contribution is 5.94. The molecule has 2 aromatic rings. The first-order valence-corrected chi connectivity index (χ1v) is 7.11. The summed E-state index contributed by atoms with van der Waals surface area (Å²) in [5, 5.41) is 7.11. The number of carbonyl (C=O) groups is 1. The Kier molecular flexibility index (Phi) is 6.60. The van der Waals surface area contributed by atoms with Crippen molar-refractivity contribution in [1.29, 1.82) is 0 Å². The average Bonchev–Trinajstić information content (AvgIpc) is 2.96. The Labute approximate surface area is 142 Å². The fourth-order valence-corrected chi connectivity index (χ4v) is 1.92. The van der Waals surface area contributed by atoms with Gasteiger partial charge < -0.3 is 15.8 Å². The van der Waals surface area contributed by atoms with Crippen LogP contribution in [0, 0.1) is 0 Å². The number of benzene rings is 1. The normalized spacial score (nSPS) is 10.8. The first-order chi connectivity index (χ1) is 10.4. The predicted molar refractivity (Wildman–Crippen MR) is 92.2 cm³/mol. The molecule has 2 rings (SSSR count). The lowest BCUT2D eigenvalue weighted by Gasteiger charge is -2.23. The number of methoxy groups -OCH3 is 1. The van der Waals surface area contributed by atoms with E-state index in [-0.39, 0.29) is 18.3 Å². The number of amides is 1. The van der Waals surface area contributed by atoms with Gasteiger partial charge in [-0.2, -0.15) is 5.10 Å². The number of nitrogens with one attached hydrogen (secondary N) is 1. The highest BCUT2D eigenvalue weighted by atomic mass is 35.5. The van der Waals surface area contributed by atoms with Gasteiger partial charge >= 0.3 is 0 Å². The quantitative estimate of drug-likeness (QED) is 0.841. The molecule has 126 valence electrons. The zero-order valence-corrected chi connectivity index (χ0v) is 14.4. The van der Waals surface area contributed by atoms with Crippen LogP contribution in [0.25, 0.3) is 0 Å². The van der Waals surface area contributed by atoms with Crippen LogP contribution in [0.2, 0.25) is 0 Å². The van der Waals surface area contributed by atoms with E-state index in [9.17, 15) is 4.79 Å². The Morgan fingerprint density at radius 3 is 2.57 bits per heavy atom. The van der Waals surface area contributed by atoms with Crippen molar-refractivity contribution < 1.29 is 9.53 Å². The van der Waals surface area contributed by atoms with Crippen LogP contribution in [0.1, 0.15) is 29.8 Å². The molecule has 23 heavy (non-hydrogen) atoms. The van der Waals surface area contributed by atoms with Gasteiger partial charge in [0.2, 0.25) is 0 Å². The van der Waals surface area contributed by atoms with Gasteiger partial charge in [-0.15, -0.1) is 12.4 Å². The Balaban J connectivity index is 0.00000264. The second-order valence-electron chi connectivity index (χ2n) is 5.82. The zero-order chi connectivity index (χ0) is 16.2. The van der Waals surface area contributed by atoms with Crippen molar-refractivity contribution in [1.82, 2.24) is 15.1 Å². The summed E-state index contributed by atoms with van der Waals surface area (Å²) in [5.74, 6) is 0.643. The van der Waals surface area contributed by atoms with E-state index < -0.39 is 5.54 Å². The third-order valence-electron chi connectivity index (χ3n) is 3.36. The molecule has 0 aliphatic carbocycles. The lowest BCUT2D eigenvalue weighted by molar-refractivity contribution is 0.0915. The van der Waals surface area contributed by atoms with Gasteiger partial charge in [0, 0.05) is 18.3 Å². The van der Waals surface area contributed by atoms with Crippen LogP contribution < -0.4 is 15.8 Å². The minimum absolute atomic E-state index is 0. The number of halogens is 1. The number of aromatic nitrogens is 2. The van der Waals surface area contributed by atoms with Crippen molar-refractivity contribution in [3.8, 4) is 5.75 Å². The van der Waals surface area contributed by atoms with Gasteiger partial charge in [-0.1, -0.05) is 12.1 Å². The Morgan fingerprint density at radius 1 is 1.35 bits per heavy atom. The molecule has 0 aliphatic heterocycles. The molecule has 0 spiro atoms. The summed E-state index contributed by atoms with van der Waals surface area (Å²) in [6.07, 6.45) is 3.29. The molecule has 0 bridgehead atoms. The Hall–Kier alpha value is -2.05. The van der Waals surface area contributed by atoms with Crippen molar-refractivity contribution in [2.45, 2.75) is 25.9 Å². The molecule has 0 unspecified atom stereocenters. The molecule has 3 N–H and O–H groups in total. The van der Waals surface area contributed by atoms with Crippen molar-refractivity contribution in [2.75, 3.05) is 13.7 Å². The number of rotatable bonds is 6. The summed E-state index contributed by atoms with van der Waals surface area (Å²) in [6, 6.07) is 7.74. The van der Waals surface area contributed by atoms with E-state index >= 15 is 0 Å². The van der Waals surface area contributed by atoms with Gasteiger partial charge in [0.25, 0.3) is 5.91 Å². The number of hydrogen-bond acceptors (Lipinski definition) is 4. The highest BCUT2D eigenvalue weighted by Crippen LogP contribution is 2.12. The van der Waals surface area contributed by atoms with Crippen LogP contribution >= 0.6 is 12.4 Å². The largest absolute Gasteiger partial charge is 0.497 e. The Bertz CT molecular complexity index is 638. The average molecular weight is 339 g/mol. The molecule has 1 aromatic carbocycles. The second kappa shape index (κ2) is 7.99. The fourth-order valence-electron chi connectivity index (χ4n) is 1.92. The molecule has 0 saturated heterocycles. The molecule has 0 radical (unpaired) electrons. The van der Waals surface area contributed by atoms with Crippen molar-refractivity contribution in [3.63, 3.8) is 0 Å². The lowest BCUT2D eigenvalue weighted by atomic mass is 10.1. The SMILES string of the molecule is COc1ccc(Cn2cc(C(=O)NC(C)(C)CN)cn2)cc1.Cl. The van der Waals surface area contributed by atoms with Crippen LogP contribution in [0.4, 0.5) is 0 Å². The third kappa shape index (κ3) is 5.26. The van der Waals surface area contributed by atoms with Crippen LogP contribution in [0.15, 0.2) is 36.7 Å². The minimum atomic E-state index is -0.435. The van der Waals surface area contributed by atoms with Gasteiger partial charge in [-0.25, -0.2) is 0 Å². The molecule has 7 heteroatoms. The molecule has 0 saturated carbocycles. The van der Waals surface area contributed by atoms with Crippen molar-refractivity contribution in [3.05, 3.63) is 47.8 Å². The molecule has 1 aromatic heterocycles. The maximum absolute atomic E-state index is 12.1. The first-order valence-electron chi connectivity index (χ1n) is 7.11. The highest BCUT2D eigenvalue weighted by Gasteiger charge is 2.20. The topological polar surface area (TPSA) is 82.2 Å². The van der Waals surface area contributed by atoms with Gasteiger partial charge in [-0.3, -0.25) is 9.48 Å². The zero-order valence-electron chi connectivity index (χ0n) is 13.6. The van der Waals surface area contributed by atoms with Crippen LogP contribution in [0.3, 0.4) is 0 Å². The number of ether oxygens (including phenoxy) is 1. The van der Waals surface area contributed by atoms with Gasteiger partial charge in [0.1, 0.15) is 5.75 Å². The maximum Gasteiger partial charge on any atom is 0.254 e. The minimum Gasteiger partial charge on any atom is -0.497 e. The van der Waals surface area contributed by atoms with E-state index in [4.69, 9.17) is 10.5 Å². The van der Waals surface area contributed by atoms with E-state index in [1.807, 2.05) is 38.1 Å². The molecule has 1 amide bonds. The standard InChI is InChI=1S/C16H22N4O2.ClH/c1-16(2,11-17)19-15(21)13-8-18-20(10-13)9-12-4-6-14(22-3)7-5-12;/h4-8,10H,9,11,17H2,1-3H3,(H,19,21);1H. The van der Waals surface area contributed by atoms with Crippen LogP contribution in [-0.4, -0.2) is 34.9 Å². The molecule has 0 fully saturated rings. The summed E-state index contributed by atoms with van der Waals surface area (Å²) in [7, 11) is 1.64. The second-order valence-corrected chi connectivity index (χ2v) is 5.82. The number of nitrogens with zero attached hydrogens (tertiary/aromatic N) is 2. The molecular weight excluding hydrogens is 316 g/mol. The van der Waals surface area contributed by atoms with E-state index in [0.29, 0.717) is 18.7 Å². The fraction of sp³-hybridized carbons (Fsp3) is 0.375. The van der Waals surface area contributed by atoms with Gasteiger partial charge in [-0.05, 0) is 31.5 Å². The smallest absolute Gasteiger partial charge is 0.254 e. The van der Waals surface area contributed by atoms with E-state index in [1.165, 1.54) is 0 Å². The van der Waals surface area contributed by atoms with Gasteiger partial charge in [0.15, 0.2) is 0 Å². The maximum atomic E-state index is 12.1. The van der Waals surface area contributed by atoms with E-state index in [0.717, 1.165) is 11.3 Å². The predicted octanol–water partition coefficient (Wildman–Crippen LogP) is 1.83. The molecule has 0 aliphatic rings. The van der Waals surface area contributed by atoms with E-state index in [2.05, 4.69) is 10.4 Å². The monoisotopic (exact) mass is 338 g/mol. The summed E-state index contributed by atoms with van der Waals surface area (Å²) in [5.41, 5.74) is 6.79. The third-order valence-corrected chi connectivity index (χ3v) is 3.36. The van der Waals surface area contributed by atoms with Crippen molar-refractivity contribution in [2.24, 2.45) is 5.73 Å². The number of nitrogens with two attached hydrogens (primary N) is 1. The van der Waals surface area contributed by atoms with E-state index in [1.54, 1.807) is 24.2 Å². The Morgan fingerprint density at radius 2 is 2.00 bits per heavy atom. The summed E-state index contributed by atoms with van der Waals surface area (Å²) < 4.78 is 6.85. The molecule has 6 nitrogen and oxygen atoms in total. The van der Waals surface area contributed by atoms with Crippen LogP contribution in [-0.2, 0) is 6.54 Å². The van der Waals surface area contributed by atoms with Crippen LogP contribution in [0.5, 0.6) is 5.75 Å². The first kappa shape index (κ1) is 19.0. The number of hydrogen-bond donors (Lipinski definition) is 2. The lowest BCUT2D eigenvalue weighted by Crippen LogP contribution is -2.48. The molecule has 1 heterocycles. The summed E-state index contributed by atoms with van der Waals surface area (Å²) >= 11 is 0. The molecule has 0 atom stereocenters. The van der Waals surface area contributed by atoms with Crippen molar-refractivity contribution >= 4 is 18.3 Å².